The van der Waals surface area contributed by atoms with E-state index in [1.807, 2.05) is 42.5 Å². The number of carbonyl (C=O) groups excluding carboxylic acids is 1. The van der Waals surface area contributed by atoms with Crippen LogP contribution < -0.4 is 21.5 Å². The molecule has 0 unspecified atom stereocenters. The summed E-state index contributed by atoms with van der Waals surface area (Å²) < 4.78 is 0. The summed E-state index contributed by atoms with van der Waals surface area (Å²) in [7, 11) is 0. The maximum absolute atomic E-state index is 12.0. The Morgan fingerprint density at radius 1 is 1.16 bits per heavy atom. The molecule has 0 atom stereocenters. The lowest BCUT2D eigenvalue weighted by Crippen LogP contribution is -2.32. The van der Waals surface area contributed by atoms with Gasteiger partial charge in [0.1, 0.15) is 25.1 Å². The molecule has 2 aromatic rings. The number of carbonyl (C=O) groups is 1. The van der Waals surface area contributed by atoms with E-state index >= 15 is 0 Å². The molecule has 4 N–H and O–H groups in total. The first-order valence-electron chi connectivity index (χ1n) is 7.33. The molecule has 1 aromatic heterocycles. The van der Waals surface area contributed by atoms with E-state index in [1.54, 1.807) is 0 Å². The molecule has 0 saturated heterocycles. The van der Waals surface area contributed by atoms with Crippen molar-refractivity contribution in [2.45, 2.75) is 6.42 Å². The Morgan fingerprint density at radius 3 is 2.48 bits per heavy atom. The Labute approximate surface area is 144 Å². The summed E-state index contributed by atoms with van der Waals surface area (Å²) in [6.07, 6.45) is 1.43. The van der Waals surface area contributed by atoms with Crippen LogP contribution in [0.4, 0.5) is 17.3 Å². The van der Waals surface area contributed by atoms with E-state index in [1.165, 1.54) is 11.2 Å². The van der Waals surface area contributed by atoms with Gasteiger partial charge < -0.3 is 10.6 Å². The average molecular weight is 336 g/mol. The van der Waals surface area contributed by atoms with Crippen LogP contribution in [-0.4, -0.2) is 29.0 Å². The highest BCUT2D eigenvalue weighted by molar-refractivity contribution is 5.82. The fourth-order valence-corrected chi connectivity index (χ4v) is 2.07. The summed E-state index contributed by atoms with van der Waals surface area (Å²) in [5, 5.41) is 17.7. The van der Waals surface area contributed by atoms with Crippen molar-refractivity contribution in [3.63, 3.8) is 0 Å². The predicted molar refractivity (Wildman–Crippen MR) is 91.8 cm³/mol. The van der Waals surface area contributed by atoms with E-state index in [4.69, 9.17) is 16.3 Å². The van der Waals surface area contributed by atoms with Crippen LogP contribution >= 0.6 is 0 Å². The lowest BCUT2D eigenvalue weighted by atomic mass is 10.1. The fourth-order valence-electron chi connectivity index (χ4n) is 2.07. The van der Waals surface area contributed by atoms with E-state index < -0.39 is 0 Å². The summed E-state index contributed by atoms with van der Waals surface area (Å²) in [6, 6.07) is 13.2. The number of hydrogen-bond donors (Lipinski definition) is 3. The zero-order valence-electron chi connectivity index (χ0n) is 13.3. The highest BCUT2D eigenvalue weighted by atomic mass is 16.2. The molecule has 9 heteroatoms. The number of hydrogen-bond acceptors (Lipinski definition) is 8. The van der Waals surface area contributed by atoms with Gasteiger partial charge in [0.15, 0.2) is 11.6 Å². The minimum absolute atomic E-state index is 0.0470. The van der Waals surface area contributed by atoms with Gasteiger partial charge in [0.05, 0.1) is 18.6 Å². The number of nitriles is 2. The van der Waals surface area contributed by atoms with Crippen molar-refractivity contribution in [2.75, 3.05) is 29.1 Å². The quantitative estimate of drug-likeness (QED) is 0.492. The predicted octanol–water partition coefficient (Wildman–Crippen LogP) is 0.598. The van der Waals surface area contributed by atoms with Gasteiger partial charge in [-0.1, -0.05) is 30.3 Å². The number of nitrogens with one attached hydrogen (secondary N) is 2. The van der Waals surface area contributed by atoms with E-state index in [-0.39, 0.29) is 42.7 Å². The molecular formula is C16H16N8O. The van der Waals surface area contributed by atoms with E-state index in [0.717, 1.165) is 5.56 Å². The molecule has 0 fully saturated rings. The molecule has 0 saturated carbocycles. The third-order valence-electron chi connectivity index (χ3n) is 3.21. The first-order valence-corrected chi connectivity index (χ1v) is 7.33. The van der Waals surface area contributed by atoms with E-state index in [0.29, 0.717) is 0 Å². The van der Waals surface area contributed by atoms with Crippen molar-refractivity contribution in [1.29, 1.82) is 10.5 Å². The van der Waals surface area contributed by atoms with Crippen molar-refractivity contribution in [3.05, 3.63) is 42.2 Å². The van der Waals surface area contributed by atoms with Gasteiger partial charge in [-0.25, -0.2) is 9.97 Å². The maximum atomic E-state index is 12.0. The lowest BCUT2D eigenvalue weighted by Gasteiger charge is -2.20. The van der Waals surface area contributed by atoms with Crippen molar-refractivity contribution >= 4 is 23.2 Å². The van der Waals surface area contributed by atoms with Crippen molar-refractivity contribution < 1.29 is 4.79 Å². The average Bonchev–Trinajstić information content (AvgIpc) is 2.62. The number of aromatic nitrogens is 2. The normalized spacial score (nSPS) is 9.52. The molecule has 0 radical (unpaired) electrons. The van der Waals surface area contributed by atoms with Crippen LogP contribution in [-0.2, 0) is 11.2 Å². The van der Waals surface area contributed by atoms with Gasteiger partial charge in [-0.2, -0.15) is 10.5 Å². The van der Waals surface area contributed by atoms with Crippen LogP contribution in [0.5, 0.6) is 0 Å². The Balaban J connectivity index is 2.05. The highest BCUT2D eigenvalue weighted by Crippen LogP contribution is 2.25. The second kappa shape index (κ2) is 8.70. The molecule has 0 aliphatic rings. The highest BCUT2D eigenvalue weighted by Gasteiger charge is 2.15. The summed E-state index contributed by atoms with van der Waals surface area (Å²) in [5.41, 5.74) is 12.1. The third-order valence-corrected chi connectivity index (χ3v) is 3.21. The van der Waals surface area contributed by atoms with Crippen molar-refractivity contribution in [1.82, 2.24) is 15.4 Å². The van der Waals surface area contributed by atoms with Crippen LogP contribution in [0.25, 0.3) is 0 Å². The smallest absolute Gasteiger partial charge is 0.242 e. The maximum Gasteiger partial charge on any atom is 0.242 e. The monoisotopic (exact) mass is 336 g/mol. The van der Waals surface area contributed by atoms with Gasteiger partial charge in [0.25, 0.3) is 0 Å². The molecule has 25 heavy (non-hydrogen) atoms. The van der Waals surface area contributed by atoms with Gasteiger partial charge in [0.2, 0.25) is 5.91 Å². The second-order valence-corrected chi connectivity index (χ2v) is 4.97. The largest absolute Gasteiger partial charge is 0.393 e. The Morgan fingerprint density at radius 2 is 1.84 bits per heavy atom. The third kappa shape index (κ3) is 4.81. The number of anilines is 3. The fraction of sp³-hybridized carbons (Fsp3) is 0.188. The topological polar surface area (TPSA) is 144 Å². The number of amides is 1. The van der Waals surface area contributed by atoms with Crippen LogP contribution in [0.3, 0.4) is 0 Å². The molecule has 1 aromatic carbocycles. The molecule has 0 spiro atoms. The minimum Gasteiger partial charge on any atom is -0.393 e. The molecule has 1 heterocycles. The molecule has 2 rings (SSSR count). The first-order chi connectivity index (χ1) is 12.2. The minimum atomic E-state index is -0.267. The molecule has 0 aliphatic heterocycles. The lowest BCUT2D eigenvalue weighted by molar-refractivity contribution is -0.119. The Bertz CT molecular complexity index is 793. The van der Waals surface area contributed by atoms with Crippen LogP contribution in [0.1, 0.15) is 5.56 Å². The molecule has 1 amide bonds. The number of nitrogens with zero attached hydrogens (tertiary/aromatic N) is 5. The molecule has 9 nitrogen and oxygen atoms in total. The van der Waals surface area contributed by atoms with E-state index in [2.05, 4.69) is 20.8 Å². The van der Waals surface area contributed by atoms with Gasteiger partial charge in [-0.3, -0.25) is 15.6 Å². The van der Waals surface area contributed by atoms with Gasteiger partial charge in [-0.05, 0) is 5.56 Å². The summed E-state index contributed by atoms with van der Waals surface area (Å²) in [4.78, 5) is 21.3. The van der Waals surface area contributed by atoms with Crippen LogP contribution in [0.15, 0.2) is 36.7 Å². The Kier molecular flexibility index (Phi) is 6.09. The van der Waals surface area contributed by atoms with Gasteiger partial charge in [0, 0.05) is 0 Å². The molecule has 126 valence electrons. The second-order valence-electron chi connectivity index (χ2n) is 4.97. The van der Waals surface area contributed by atoms with Crippen LogP contribution in [0.2, 0.25) is 0 Å². The number of benzene rings is 1. The Hall–Kier alpha value is -3.85. The number of nitrogens with two attached hydrogens (primary N) is 1. The molecule has 0 bridgehead atoms. The van der Waals surface area contributed by atoms with Crippen molar-refractivity contribution in [2.24, 2.45) is 0 Å². The van der Waals surface area contributed by atoms with E-state index in [9.17, 15) is 4.79 Å². The summed E-state index contributed by atoms with van der Waals surface area (Å²) in [6.45, 7) is -0.0941. The summed E-state index contributed by atoms with van der Waals surface area (Å²) in [5.74, 6) is 0.168. The first kappa shape index (κ1) is 17.5. The molecular weight excluding hydrogens is 320 g/mol. The van der Waals surface area contributed by atoms with Gasteiger partial charge >= 0.3 is 0 Å². The molecule has 0 aliphatic carbocycles. The number of rotatable bonds is 7. The standard InChI is InChI=1S/C16H16N8O/c17-6-8-24(9-7-18)16-14(19)15(20-11-21-16)23-22-13(25)10-12-4-2-1-3-5-12/h1-5,11H,8-10,19H2,(H,22,25)(H,20,21,23). The van der Waals surface area contributed by atoms with Crippen LogP contribution in [0, 0.1) is 22.7 Å². The summed E-state index contributed by atoms with van der Waals surface area (Å²) >= 11 is 0. The zero-order chi connectivity index (χ0) is 18.1. The number of hydrazine groups is 1. The zero-order valence-corrected chi connectivity index (χ0v) is 13.3. The van der Waals surface area contributed by atoms with Gasteiger partial charge in [-0.15, -0.1) is 0 Å². The van der Waals surface area contributed by atoms with Crippen molar-refractivity contribution in [3.8, 4) is 12.1 Å². The number of nitrogen functional groups attached to an aromatic ring is 1. The SMILES string of the molecule is N#CCN(CC#N)c1ncnc(NNC(=O)Cc2ccccc2)c1N.